The summed E-state index contributed by atoms with van der Waals surface area (Å²) in [7, 11) is 0. The number of hydrogen-bond donors (Lipinski definition) is 1. The maximum atomic E-state index is 12.7. The van der Waals surface area contributed by atoms with E-state index in [0.29, 0.717) is 25.3 Å². The van der Waals surface area contributed by atoms with E-state index in [1.165, 1.54) is 6.42 Å². The standard InChI is InChI=1S/C15H26N2O3/c1-3-12-7-5-9-16(11-12)14(20)17-10-6-8-15(17,4-2)13(18)19/h12H,3-11H2,1-2H3,(H,18,19). The Morgan fingerprint density at radius 1 is 1.25 bits per heavy atom. The number of piperidine rings is 1. The summed E-state index contributed by atoms with van der Waals surface area (Å²) in [4.78, 5) is 27.9. The fourth-order valence-electron chi connectivity index (χ4n) is 3.64. The lowest BCUT2D eigenvalue weighted by molar-refractivity contribution is -0.148. The third kappa shape index (κ3) is 2.50. The summed E-state index contributed by atoms with van der Waals surface area (Å²) in [6.45, 7) is 6.15. The number of rotatable bonds is 3. The van der Waals surface area contributed by atoms with Crippen LogP contribution in [0, 0.1) is 5.92 Å². The van der Waals surface area contributed by atoms with Crippen LogP contribution in [-0.2, 0) is 4.79 Å². The van der Waals surface area contributed by atoms with Gasteiger partial charge in [0.15, 0.2) is 0 Å². The molecule has 0 saturated carbocycles. The molecule has 2 atom stereocenters. The molecule has 2 saturated heterocycles. The predicted octanol–water partition coefficient (Wildman–Crippen LogP) is 2.56. The number of amides is 2. The van der Waals surface area contributed by atoms with Crippen molar-refractivity contribution in [1.29, 1.82) is 0 Å². The summed E-state index contributed by atoms with van der Waals surface area (Å²) in [6, 6.07) is -0.0649. The van der Waals surface area contributed by atoms with Gasteiger partial charge < -0.3 is 14.9 Å². The van der Waals surface area contributed by atoms with Crippen LogP contribution in [0.3, 0.4) is 0 Å². The van der Waals surface area contributed by atoms with Crippen LogP contribution in [-0.4, -0.2) is 52.1 Å². The van der Waals surface area contributed by atoms with Crippen LogP contribution in [0.2, 0.25) is 0 Å². The van der Waals surface area contributed by atoms with Crippen molar-refractivity contribution in [2.45, 2.75) is 57.9 Å². The molecule has 0 aromatic rings. The van der Waals surface area contributed by atoms with Crippen LogP contribution in [0.4, 0.5) is 4.79 Å². The summed E-state index contributed by atoms with van der Waals surface area (Å²) in [5.41, 5.74) is -0.976. The van der Waals surface area contributed by atoms with E-state index < -0.39 is 11.5 Å². The van der Waals surface area contributed by atoms with E-state index in [2.05, 4.69) is 6.92 Å². The lowest BCUT2D eigenvalue weighted by atomic mass is 9.92. The van der Waals surface area contributed by atoms with Gasteiger partial charge in [-0.15, -0.1) is 0 Å². The van der Waals surface area contributed by atoms with Crippen molar-refractivity contribution >= 4 is 12.0 Å². The quantitative estimate of drug-likeness (QED) is 0.865. The van der Waals surface area contributed by atoms with Crippen LogP contribution in [0.1, 0.15) is 52.4 Å². The molecule has 0 radical (unpaired) electrons. The van der Waals surface area contributed by atoms with Gasteiger partial charge >= 0.3 is 12.0 Å². The Morgan fingerprint density at radius 3 is 2.60 bits per heavy atom. The van der Waals surface area contributed by atoms with Gasteiger partial charge in [-0.05, 0) is 38.0 Å². The molecule has 1 N–H and O–H groups in total. The first kappa shape index (κ1) is 15.1. The molecule has 20 heavy (non-hydrogen) atoms. The average Bonchev–Trinajstić information content (AvgIpc) is 2.91. The van der Waals surface area contributed by atoms with Gasteiger partial charge in [0.1, 0.15) is 5.54 Å². The number of hydrogen-bond acceptors (Lipinski definition) is 2. The minimum Gasteiger partial charge on any atom is -0.479 e. The summed E-state index contributed by atoms with van der Waals surface area (Å²) in [5, 5.41) is 9.57. The molecule has 0 aromatic carbocycles. The van der Waals surface area contributed by atoms with Gasteiger partial charge in [-0.1, -0.05) is 20.3 Å². The van der Waals surface area contributed by atoms with E-state index in [4.69, 9.17) is 0 Å². The molecule has 2 aliphatic heterocycles. The third-order valence-corrected chi connectivity index (χ3v) is 5.07. The molecule has 0 aliphatic carbocycles. The molecule has 114 valence electrons. The molecule has 0 aromatic heterocycles. The van der Waals surface area contributed by atoms with Crippen LogP contribution in [0.25, 0.3) is 0 Å². The van der Waals surface area contributed by atoms with E-state index in [-0.39, 0.29) is 6.03 Å². The summed E-state index contributed by atoms with van der Waals surface area (Å²) in [5.74, 6) is -0.286. The highest BCUT2D eigenvalue weighted by atomic mass is 16.4. The van der Waals surface area contributed by atoms with E-state index in [0.717, 1.165) is 32.4 Å². The van der Waals surface area contributed by atoms with Gasteiger partial charge in [0, 0.05) is 19.6 Å². The van der Waals surface area contributed by atoms with Crippen molar-refractivity contribution in [3.63, 3.8) is 0 Å². The minimum atomic E-state index is -0.976. The zero-order valence-corrected chi connectivity index (χ0v) is 12.6. The molecule has 2 unspecified atom stereocenters. The molecule has 0 spiro atoms. The largest absolute Gasteiger partial charge is 0.479 e. The first-order valence-corrected chi connectivity index (χ1v) is 7.85. The summed E-state index contributed by atoms with van der Waals surface area (Å²) in [6.07, 6.45) is 5.15. The second-order valence-corrected chi connectivity index (χ2v) is 6.09. The van der Waals surface area contributed by atoms with Gasteiger partial charge in [0.05, 0.1) is 0 Å². The third-order valence-electron chi connectivity index (χ3n) is 5.07. The number of carbonyl (C=O) groups is 2. The molecule has 2 fully saturated rings. The van der Waals surface area contributed by atoms with E-state index in [9.17, 15) is 14.7 Å². The monoisotopic (exact) mass is 282 g/mol. The number of likely N-dealkylation sites (tertiary alicyclic amines) is 2. The van der Waals surface area contributed by atoms with Crippen molar-refractivity contribution < 1.29 is 14.7 Å². The first-order chi connectivity index (χ1) is 9.55. The maximum Gasteiger partial charge on any atom is 0.329 e. The smallest absolute Gasteiger partial charge is 0.329 e. The molecule has 5 nitrogen and oxygen atoms in total. The second-order valence-electron chi connectivity index (χ2n) is 6.09. The fraction of sp³-hybridized carbons (Fsp3) is 0.867. The Balaban J connectivity index is 2.13. The van der Waals surface area contributed by atoms with E-state index >= 15 is 0 Å². The molecular weight excluding hydrogens is 256 g/mol. The van der Waals surface area contributed by atoms with Crippen molar-refractivity contribution in [3.05, 3.63) is 0 Å². The van der Waals surface area contributed by atoms with Crippen LogP contribution < -0.4 is 0 Å². The zero-order chi connectivity index (χ0) is 14.8. The molecule has 5 heteroatoms. The predicted molar refractivity (Wildman–Crippen MR) is 76.6 cm³/mol. The number of aliphatic carboxylic acids is 1. The SMILES string of the molecule is CCC1CCCN(C(=O)N2CCCC2(CC)C(=O)O)C1. The summed E-state index contributed by atoms with van der Waals surface area (Å²) >= 11 is 0. The lowest BCUT2D eigenvalue weighted by Crippen LogP contribution is -2.57. The topological polar surface area (TPSA) is 60.9 Å². The van der Waals surface area contributed by atoms with Crippen molar-refractivity contribution in [3.8, 4) is 0 Å². The van der Waals surface area contributed by atoms with E-state index in [1.54, 1.807) is 4.90 Å². The van der Waals surface area contributed by atoms with Gasteiger partial charge in [-0.3, -0.25) is 0 Å². The number of carboxylic acid groups (broad SMARTS) is 1. The molecule has 0 bridgehead atoms. The van der Waals surface area contributed by atoms with E-state index in [1.807, 2.05) is 11.8 Å². The summed E-state index contributed by atoms with van der Waals surface area (Å²) < 4.78 is 0. The maximum absolute atomic E-state index is 12.7. The van der Waals surface area contributed by atoms with Gasteiger partial charge in [0.25, 0.3) is 0 Å². The number of urea groups is 1. The Labute approximate surface area is 120 Å². The minimum absolute atomic E-state index is 0.0649. The van der Waals surface area contributed by atoms with Crippen molar-refractivity contribution in [2.75, 3.05) is 19.6 Å². The lowest BCUT2D eigenvalue weighted by Gasteiger charge is -2.40. The Kier molecular flexibility index (Phi) is 4.55. The fourth-order valence-corrected chi connectivity index (χ4v) is 3.64. The average molecular weight is 282 g/mol. The van der Waals surface area contributed by atoms with Gasteiger partial charge in [0.2, 0.25) is 0 Å². The number of carboxylic acids is 1. The van der Waals surface area contributed by atoms with Crippen LogP contribution >= 0.6 is 0 Å². The highest BCUT2D eigenvalue weighted by Gasteiger charge is 2.49. The van der Waals surface area contributed by atoms with Gasteiger partial charge in [-0.2, -0.15) is 0 Å². The normalized spacial score (nSPS) is 30.6. The molecule has 2 heterocycles. The Hall–Kier alpha value is -1.26. The van der Waals surface area contributed by atoms with Crippen molar-refractivity contribution in [2.24, 2.45) is 5.92 Å². The molecule has 2 amide bonds. The Bertz CT molecular complexity index is 385. The molecule has 2 rings (SSSR count). The highest BCUT2D eigenvalue weighted by Crippen LogP contribution is 2.34. The van der Waals surface area contributed by atoms with Crippen LogP contribution in [0.15, 0.2) is 0 Å². The van der Waals surface area contributed by atoms with Crippen molar-refractivity contribution in [1.82, 2.24) is 9.80 Å². The second kappa shape index (κ2) is 6.02. The first-order valence-electron chi connectivity index (χ1n) is 7.85. The van der Waals surface area contributed by atoms with Gasteiger partial charge in [-0.25, -0.2) is 9.59 Å². The van der Waals surface area contributed by atoms with Crippen LogP contribution in [0.5, 0.6) is 0 Å². The molecular formula is C15H26N2O3. The number of nitrogens with zero attached hydrogens (tertiary/aromatic N) is 2. The Morgan fingerprint density at radius 2 is 2.00 bits per heavy atom. The number of carbonyl (C=O) groups excluding carboxylic acids is 1. The highest BCUT2D eigenvalue weighted by molar-refractivity contribution is 5.87. The zero-order valence-electron chi connectivity index (χ0n) is 12.6. The molecule has 2 aliphatic rings.